The second-order valence-electron chi connectivity index (χ2n) is 5.64. The molecule has 0 saturated heterocycles. The fourth-order valence-electron chi connectivity index (χ4n) is 2.62. The quantitative estimate of drug-likeness (QED) is 0.677. The Labute approximate surface area is 136 Å². The number of aromatic nitrogens is 1. The first-order chi connectivity index (χ1) is 11.3. The zero-order valence-corrected chi connectivity index (χ0v) is 13.1. The van der Waals surface area contributed by atoms with E-state index in [1.54, 1.807) is 12.1 Å². The molecule has 0 unspecified atom stereocenters. The molecule has 0 aliphatic rings. The van der Waals surface area contributed by atoms with Gasteiger partial charge in [-0.3, -0.25) is 4.79 Å². The van der Waals surface area contributed by atoms with E-state index in [4.69, 9.17) is 0 Å². The van der Waals surface area contributed by atoms with Crippen LogP contribution in [0.1, 0.15) is 27.2 Å². The van der Waals surface area contributed by atoms with Crippen LogP contribution < -0.4 is 5.32 Å². The summed E-state index contributed by atoms with van der Waals surface area (Å²) in [7, 11) is 0. The maximum Gasteiger partial charge on any atom is 0.416 e. The minimum absolute atomic E-state index is 0.0400. The van der Waals surface area contributed by atoms with Crippen molar-refractivity contribution < 1.29 is 18.0 Å². The van der Waals surface area contributed by atoms with Gasteiger partial charge < -0.3 is 10.3 Å². The van der Waals surface area contributed by atoms with E-state index < -0.39 is 17.6 Å². The average molecular weight is 332 g/mol. The number of carbonyl (C=O) groups is 1. The first-order valence-electron chi connectivity index (χ1n) is 7.34. The maximum absolute atomic E-state index is 12.8. The molecule has 0 atom stereocenters. The smallest absolute Gasteiger partial charge is 0.357 e. The molecule has 124 valence electrons. The van der Waals surface area contributed by atoms with Crippen molar-refractivity contribution in [3.05, 3.63) is 64.8 Å². The number of hydrogen-bond donors (Lipinski definition) is 2. The van der Waals surface area contributed by atoms with Gasteiger partial charge in [0.05, 0.1) is 16.8 Å². The normalized spacial score (nSPS) is 11.7. The number of aromatic amines is 1. The molecule has 0 radical (unpaired) electrons. The van der Waals surface area contributed by atoms with E-state index in [1.807, 2.05) is 19.9 Å². The molecule has 2 aromatic carbocycles. The molecule has 0 aliphatic carbocycles. The Kier molecular flexibility index (Phi) is 3.83. The van der Waals surface area contributed by atoms with Crippen molar-refractivity contribution in [2.24, 2.45) is 0 Å². The number of benzene rings is 2. The van der Waals surface area contributed by atoms with Gasteiger partial charge in [-0.25, -0.2) is 0 Å². The van der Waals surface area contributed by atoms with E-state index in [9.17, 15) is 18.0 Å². The van der Waals surface area contributed by atoms with Gasteiger partial charge in [0.1, 0.15) is 0 Å². The fraction of sp³-hybridized carbons (Fsp3) is 0.167. The maximum atomic E-state index is 12.8. The third-order valence-electron chi connectivity index (χ3n) is 4.04. The van der Waals surface area contributed by atoms with Crippen LogP contribution in [0.5, 0.6) is 0 Å². The van der Waals surface area contributed by atoms with E-state index >= 15 is 0 Å². The number of nitrogens with one attached hydrogen (secondary N) is 2. The van der Waals surface area contributed by atoms with Gasteiger partial charge in [-0.15, -0.1) is 0 Å². The van der Waals surface area contributed by atoms with Gasteiger partial charge in [0.25, 0.3) is 5.91 Å². The van der Waals surface area contributed by atoms with Crippen molar-refractivity contribution in [2.75, 3.05) is 5.32 Å². The van der Waals surface area contributed by atoms with Gasteiger partial charge in [0, 0.05) is 16.6 Å². The molecule has 3 nitrogen and oxygen atoms in total. The Hall–Kier alpha value is -2.76. The van der Waals surface area contributed by atoms with Crippen LogP contribution in [0.3, 0.4) is 0 Å². The highest BCUT2D eigenvalue weighted by Gasteiger charge is 2.30. The predicted octanol–water partition coefficient (Wildman–Crippen LogP) is 5.06. The third kappa shape index (κ3) is 2.87. The number of aryl methyl sites for hydroxylation is 2. The van der Waals surface area contributed by atoms with Crippen molar-refractivity contribution in [3.63, 3.8) is 0 Å². The van der Waals surface area contributed by atoms with Gasteiger partial charge in [-0.1, -0.05) is 18.2 Å². The summed E-state index contributed by atoms with van der Waals surface area (Å²) in [6.07, 6.45) is -4.48. The van der Waals surface area contributed by atoms with Gasteiger partial charge in [-0.05, 0) is 43.7 Å². The topological polar surface area (TPSA) is 44.9 Å². The number of anilines is 1. The first kappa shape index (κ1) is 16.1. The second kappa shape index (κ2) is 5.70. The highest BCUT2D eigenvalue weighted by molar-refractivity contribution is 6.09. The summed E-state index contributed by atoms with van der Waals surface area (Å²) in [4.78, 5) is 15.5. The lowest BCUT2D eigenvalue weighted by atomic mass is 10.1. The summed E-state index contributed by atoms with van der Waals surface area (Å²) in [6, 6.07) is 9.80. The van der Waals surface area contributed by atoms with Crippen LogP contribution in [0.15, 0.2) is 42.5 Å². The summed E-state index contributed by atoms with van der Waals surface area (Å²) in [5, 5.41) is 3.65. The Morgan fingerprint density at radius 3 is 2.50 bits per heavy atom. The van der Waals surface area contributed by atoms with E-state index in [1.165, 1.54) is 12.1 Å². The highest BCUT2D eigenvalue weighted by Crippen LogP contribution is 2.30. The molecule has 2 N–H and O–H groups in total. The van der Waals surface area contributed by atoms with Crippen molar-refractivity contribution in [3.8, 4) is 0 Å². The minimum atomic E-state index is -4.48. The highest BCUT2D eigenvalue weighted by atomic mass is 19.4. The number of hydrogen-bond acceptors (Lipinski definition) is 1. The Bertz CT molecular complexity index is 926. The Morgan fingerprint density at radius 2 is 1.79 bits per heavy atom. The molecule has 0 fully saturated rings. The van der Waals surface area contributed by atoms with Crippen molar-refractivity contribution >= 4 is 22.5 Å². The van der Waals surface area contributed by atoms with Gasteiger partial charge in [0.15, 0.2) is 0 Å². The molecule has 1 aromatic heterocycles. The molecule has 0 spiro atoms. The summed E-state index contributed by atoms with van der Waals surface area (Å²) in [6.45, 7) is 3.89. The molecular formula is C18H15F3N2O. The Balaban J connectivity index is 1.95. The monoisotopic (exact) mass is 332 g/mol. The third-order valence-corrected chi connectivity index (χ3v) is 4.04. The van der Waals surface area contributed by atoms with Crippen molar-refractivity contribution in [1.29, 1.82) is 0 Å². The number of amides is 1. The fourth-order valence-corrected chi connectivity index (χ4v) is 2.62. The predicted molar refractivity (Wildman–Crippen MR) is 87.2 cm³/mol. The average Bonchev–Trinajstić information content (AvgIpc) is 2.83. The SMILES string of the molecule is Cc1[nH]c2c(NC(=O)c3cccc(C(F)(F)F)c3)cccc2c1C. The Morgan fingerprint density at radius 1 is 1.08 bits per heavy atom. The molecule has 0 bridgehead atoms. The summed E-state index contributed by atoms with van der Waals surface area (Å²) >= 11 is 0. The van der Waals surface area contributed by atoms with E-state index in [0.717, 1.165) is 34.3 Å². The number of carbonyl (C=O) groups excluding carboxylic acids is 1. The van der Waals surface area contributed by atoms with Crippen LogP contribution in [-0.4, -0.2) is 10.9 Å². The molecular weight excluding hydrogens is 317 g/mol. The van der Waals surface area contributed by atoms with Crippen molar-refractivity contribution in [2.45, 2.75) is 20.0 Å². The second-order valence-corrected chi connectivity index (χ2v) is 5.64. The van der Waals surface area contributed by atoms with E-state index in [0.29, 0.717) is 5.69 Å². The van der Waals surface area contributed by atoms with Gasteiger partial charge in [-0.2, -0.15) is 13.2 Å². The number of H-pyrrole nitrogens is 1. The molecule has 3 aromatic rings. The first-order valence-corrected chi connectivity index (χ1v) is 7.34. The van der Waals surface area contributed by atoms with E-state index in [2.05, 4.69) is 10.3 Å². The lowest BCUT2D eigenvalue weighted by Gasteiger charge is -2.10. The molecule has 0 saturated carbocycles. The van der Waals surface area contributed by atoms with Crippen LogP contribution >= 0.6 is 0 Å². The number of halogens is 3. The summed E-state index contributed by atoms with van der Waals surface area (Å²) in [5.41, 5.74) is 2.45. The molecule has 1 heterocycles. The van der Waals surface area contributed by atoms with E-state index in [-0.39, 0.29) is 5.56 Å². The molecule has 6 heteroatoms. The van der Waals surface area contributed by atoms with Crippen LogP contribution in [-0.2, 0) is 6.18 Å². The summed E-state index contributed by atoms with van der Waals surface area (Å²) < 4.78 is 38.3. The lowest BCUT2D eigenvalue weighted by molar-refractivity contribution is -0.137. The number of para-hydroxylation sites is 1. The van der Waals surface area contributed by atoms with Crippen LogP contribution in [0.2, 0.25) is 0 Å². The van der Waals surface area contributed by atoms with Crippen LogP contribution in [0.4, 0.5) is 18.9 Å². The minimum Gasteiger partial charge on any atom is -0.357 e. The number of rotatable bonds is 2. The lowest BCUT2D eigenvalue weighted by Crippen LogP contribution is -2.14. The molecule has 0 aliphatic heterocycles. The standard InChI is InChI=1S/C18H15F3N2O/c1-10-11(2)22-16-14(10)7-4-8-15(16)23-17(24)12-5-3-6-13(9-12)18(19,20)21/h3-9,22H,1-2H3,(H,23,24). The zero-order chi connectivity index (χ0) is 17.5. The molecule has 1 amide bonds. The van der Waals surface area contributed by atoms with Gasteiger partial charge >= 0.3 is 6.18 Å². The number of fused-ring (bicyclic) bond motifs is 1. The molecule has 24 heavy (non-hydrogen) atoms. The van der Waals surface area contributed by atoms with Crippen LogP contribution in [0.25, 0.3) is 10.9 Å². The summed E-state index contributed by atoms with van der Waals surface area (Å²) in [5.74, 6) is -0.585. The molecule has 3 rings (SSSR count). The number of alkyl halides is 3. The van der Waals surface area contributed by atoms with Crippen LogP contribution in [0, 0.1) is 13.8 Å². The van der Waals surface area contributed by atoms with Crippen molar-refractivity contribution in [1.82, 2.24) is 4.98 Å². The zero-order valence-electron chi connectivity index (χ0n) is 13.1. The van der Waals surface area contributed by atoms with Gasteiger partial charge in [0.2, 0.25) is 0 Å². The largest absolute Gasteiger partial charge is 0.416 e.